The molecule has 132 valence electrons. The van der Waals surface area contributed by atoms with Crippen molar-refractivity contribution in [2.45, 2.75) is 97.1 Å². The third-order valence-electron chi connectivity index (χ3n) is 4.21. The van der Waals surface area contributed by atoms with Gasteiger partial charge < -0.3 is 10.8 Å². The second-order valence-corrected chi connectivity index (χ2v) is 6.49. The summed E-state index contributed by atoms with van der Waals surface area (Å²) in [5, 5.41) is 8.83. The van der Waals surface area contributed by atoms with Gasteiger partial charge in [-0.3, -0.25) is 9.69 Å². The monoisotopic (exact) mass is 314 g/mol. The summed E-state index contributed by atoms with van der Waals surface area (Å²) < 4.78 is 0. The smallest absolute Gasteiger partial charge is 0.317 e. The Morgan fingerprint density at radius 2 is 1.32 bits per heavy atom. The van der Waals surface area contributed by atoms with Crippen LogP contribution in [0.2, 0.25) is 0 Å². The molecule has 0 aliphatic rings. The quantitative estimate of drug-likeness (QED) is 0.328. The van der Waals surface area contributed by atoms with E-state index in [0.29, 0.717) is 0 Å². The summed E-state index contributed by atoms with van der Waals surface area (Å²) in [7, 11) is 0. The zero-order valence-electron chi connectivity index (χ0n) is 14.9. The Balaban J connectivity index is 3.33. The van der Waals surface area contributed by atoms with E-state index in [9.17, 15) is 4.79 Å². The van der Waals surface area contributed by atoms with E-state index in [1.165, 1.54) is 70.6 Å². The number of carboxylic acid groups (broad SMARTS) is 1. The minimum absolute atomic E-state index is 0.0513. The van der Waals surface area contributed by atoms with E-state index in [2.05, 4.69) is 6.92 Å². The van der Waals surface area contributed by atoms with Crippen LogP contribution >= 0.6 is 0 Å². The Bertz CT molecular complexity index is 257. The molecule has 0 aliphatic carbocycles. The van der Waals surface area contributed by atoms with Crippen LogP contribution in [0.4, 0.5) is 0 Å². The van der Waals surface area contributed by atoms with Gasteiger partial charge in [-0.05, 0) is 13.3 Å². The molecule has 0 heterocycles. The van der Waals surface area contributed by atoms with Crippen LogP contribution in [0.3, 0.4) is 0 Å². The third kappa shape index (κ3) is 14.3. The molecule has 22 heavy (non-hydrogen) atoms. The first kappa shape index (κ1) is 21.4. The van der Waals surface area contributed by atoms with Gasteiger partial charge in [0, 0.05) is 6.54 Å². The molecular weight excluding hydrogens is 276 g/mol. The Morgan fingerprint density at radius 1 is 0.909 bits per heavy atom. The highest BCUT2D eigenvalue weighted by molar-refractivity contribution is 5.69. The molecule has 0 spiro atoms. The maximum Gasteiger partial charge on any atom is 0.317 e. The molecule has 0 aromatic carbocycles. The lowest BCUT2D eigenvalue weighted by Gasteiger charge is -2.24. The highest BCUT2D eigenvalue weighted by atomic mass is 16.4. The molecule has 1 unspecified atom stereocenters. The largest absolute Gasteiger partial charge is 0.480 e. The summed E-state index contributed by atoms with van der Waals surface area (Å²) in [5.41, 5.74) is 5.79. The van der Waals surface area contributed by atoms with Crippen LogP contribution in [-0.2, 0) is 4.79 Å². The van der Waals surface area contributed by atoms with Crippen LogP contribution in [0.25, 0.3) is 0 Å². The van der Waals surface area contributed by atoms with Crippen molar-refractivity contribution >= 4 is 5.97 Å². The first-order valence-corrected chi connectivity index (χ1v) is 9.29. The lowest BCUT2D eigenvalue weighted by Crippen LogP contribution is -2.43. The van der Waals surface area contributed by atoms with E-state index >= 15 is 0 Å². The summed E-state index contributed by atoms with van der Waals surface area (Å²) >= 11 is 0. The molecule has 0 saturated heterocycles. The van der Waals surface area contributed by atoms with Crippen molar-refractivity contribution in [1.29, 1.82) is 0 Å². The number of carboxylic acids is 1. The molecule has 0 saturated carbocycles. The van der Waals surface area contributed by atoms with Gasteiger partial charge in [0.15, 0.2) is 0 Å². The number of carbonyl (C=O) groups is 1. The van der Waals surface area contributed by atoms with Gasteiger partial charge >= 0.3 is 5.97 Å². The Labute approximate surface area is 137 Å². The summed E-state index contributed by atoms with van der Waals surface area (Å²) in [6.45, 7) is 4.95. The molecular formula is C18H38N2O2. The normalized spacial score (nSPS) is 12.7. The Kier molecular flexibility index (Phi) is 14.9. The molecule has 4 nitrogen and oxygen atoms in total. The van der Waals surface area contributed by atoms with E-state index in [4.69, 9.17) is 10.8 Å². The van der Waals surface area contributed by atoms with Crippen molar-refractivity contribution in [3.8, 4) is 0 Å². The van der Waals surface area contributed by atoms with Crippen molar-refractivity contribution < 1.29 is 9.90 Å². The zero-order chi connectivity index (χ0) is 16.6. The van der Waals surface area contributed by atoms with E-state index in [0.717, 1.165) is 13.0 Å². The molecule has 0 amide bonds. The molecule has 0 radical (unpaired) electrons. The van der Waals surface area contributed by atoms with Gasteiger partial charge in [0.25, 0.3) is 0 Å². The van der Waals surface area contributed by atoms with E-state index in [1.54, 1.807) is 0 Å². The maximum absolute atomic E-state index is 10.7. The van der Waals surface area contributed by atoms with Gasteiger partial charge in [-0.2, -0.15) is 0 Å². The van der Waals surface area contributed by atoms with Crippen molar-refractivity contribution in [3.63, 3.8) is 0 Å². The van der Waals surface area contributed by atoms with Gasteiger partial charge in [0.2, 0.25) is 0 Å². The van der Waals surface area contributed by atoms with Crippen molar-refractivity contribution in [3.05, 3.63) is 0 Å². The second-order valence-electron chi connectivity index (χ2n) is 6.49. The van der Waals surface area contributed by atoms with Crippen LogP contribution in [0, 0.1) is 0 Å². The van der Waals surface area contributed by atoms with Gasteiger partial charge in [-0.1, -0.05) is 77.6 Å². The summed E-state index contributed by atoms with van der Waals surface area (Å²) in [6.07, 6.45) is 15.7. The molecule has 0 aliphatic heterocycles. The first-order chi connectivity index (χ1) is 10.6. The first-order valence-electron chi connectivity index (χ1n) is 9.29. The molecule has 0 fully saturated rings. The summed E-state index contributed by atoms with van der Waals surface area (Å²) in [5.74, 6) is -0.795. The number of nitrogens with two attached hydrogens (primary N) is 1. The van der Waals surface area contributed by atoms with Crippen molar-refractivity contribution in [1.82, 2.24) is 4.90 Å². The Morgan fingerprint density at radius 3 is 1.68 bits per heavy atom. The van der Waals surface area contributed by atoms with E-state index in [1.807, 2.05) is 11.8 Å². The van der Waals surface area contributed by atoms with Crippen LogP contribution in [-0.4, -0.2) is 35.2 Å². The fraction of sp³-hybridized carbons (Fsp3) is 0.944. The highest BCUT2D eigenvalue weighted by Gasteiger charge is 2.12. The van der Waals surface area contributed by atoms with Crippen molar-refractivity contribution in [2.24, 2.45) is 5.73 Å². The topological polar surface area (TPSA) is 66.6 Å². The highest BCUT2D eigenvalue weighted by Crippen LogP contribution is 2.12. The standard InChI is InChI=1S/C18H38N2O2/c1-3-4-5-6-7-8-9-10-11-12-13-14-15-20(17(2)19)16-18(21)22/h17H,3-16,19H2,1-2H3,(H,21,22). The third-order valence-corrected chi connectivity index (χ3v) is 4.21. The molecule has 0 rings (SSSR count). The SMILES string of the molecule is CCCCCCCCCCCCCCN(CC(=O)O)C(C)N. The van der Waals surface area contributed by atoms with Crippen LogP contribution in [0.15, 0.2) is 0 Å². The molecule has 0 aromatic rings. The fourth-order valence-corrected chi connectivity index (χ4v) is 2.76. The molecule has 3 N–H and O–H groups in total. The predicted molar refractivity (Wildman–Crippen MR) is 93.9 cm³/mol. The number of aliphatic carboxylic acids is 1. The second kappa shape index (κ2) is 15.3. The Hall–Kier alpha value is -0.610. The van der Waals surface area contributed by atoms with Crippen molar-refractivity contribution in [2.75, 3.05) is 13.1 Å². The molecule has 0 bridgehead atoms. The van der Waals surface area contributed by atoms with Crippen LogP contribution in [0.5, 0.6) is 0 Å². The number of rotatable bonds is 16. The van der Waals surface area contributed by atoms with Gasteiger partial charge in [-0.25, -0.2) is 0 Å². The average Bonchev–Trinajstić information content (AvgIpc) is 2.46. The van der Waals surface area contributed by atoms with E-state index < -0.39 is 5.97 Å². The minimum atomic E-state index is -0.795. The zero-order valence-corrected chi connectivity index (χ0v) is 14.9. The van der Waals surface area contributed by atoms with Crippen LogP contribution < -0.4 is 5.73 Å². The fourth-order valence-electron chi connectivity index (χ4n) is 2.76. The molecule has 4 heteroatoms. The van der Waals surface area contributed by atoms with Gasteiger partial charge in [-0.15, -0.1) is 0 Å². The summed E-state index contributed by atoms with van der Waals surface area (Å²) in [4.78, 5) is 12.6. The predicted octanol–water partition coefficient (Wildman–Crippen LogP) is 4.38. The minimum Gasteiger partial charge on any atom is -0.480 e. The number of nitrogens with zero attached hydrogens (tertiary/aromatic N) is 1. The van der Waals surface area contributed by atoms with Crippen LogP contribution in [0.1, 0.15) is 90.9 Å². The molecule has 1 atom stereocenters. The number of unbranched alkanes of at least 4 members (excludes halogenated alkanes) is 11. The van der Waals surface area contributed by atoms with Gasteiger partial charge in [0.1, 0.15) is 0 Å². The lowest BCUT2D eigenvalue weighted by molar-refractivity contribution is -0.138. The lowest BCUT2D eigenvalue weighted by atomic mass is 10.1. The summed E-state index contributed by atoms with van der Waals surface area (Å²) in [6, 6.07) is 0. The maximum atomic E-state index is 10.7. The van der Waals surface area contributed by atoms with E-state index in [-0.39, 0.29) is 12.7 Å². The molecule has 0 aromatic heterocycles. The number of hydrogen-bond donors (Lipinski definition) is 2. The average molecular weight is 315 g/mol. The number of hydrogen-bond acceptors (Lipinski definition) is 3. The van der Waals surface area contributed by atoms with Gasteiger partial charge in [0.05, 0.1) is 12.7 Å².